The molecule has 0 saturated heterocycles. The Morgan fingerprint density at radius 2 is 1.76 bits per heavy atom. The summed E-state index contributed by atoms with van der Waals surface area (Å²) in [5.74, 6) is 3.62. The van der Waals surface area contributed by atoms with Gasteiger partial charge in [0.2, 0.25) is 0 Å². The van der Waals surface area contributed by atoms with Gasteiger partial charge < -0.3 is 21.9 Å². The molecule has 0 radical (unpaired) electrons. The fourth-order valence-electron chi connectivity index (χ4n) is 3.42. The second-order valence-corrected chi connectivity index (χ2v) is 7.73. The first-order chi connectivity index (χ1) is 15.8. The third-order valence-corrected chi connectivity index (χ3v) is 5.23. The number of amidine groups is 1. The number of carboxylic acids is 1. The van der Waals surface area contributed by atoms with Crippen molar-refractivity contribution in [2.75, 3.05) is 18.4 Å². The molecule has 8 nitrogen and oxygen atoms in total. The highest BCUT2D eigenvalue weighted by Gasteiger charge is 2.45. The van der Waals surface area contributed by atoms with Gasteiger partial charge in [0.05, 0.1) is 18.2 Å². The number of carbonyl (C=O) groups excluding carboxylic acids is 1. The molecule has 180 valence electrons. The smallest absolute Gasteiger partial charge is 0.419 e. The summed E-state index contributed by atoms with van der Waals surface area (Å²) in [6.45, 7) is 2.24. The molecule has 0 spiro atoms. The highest BCUT2D eigenvalue weighted by Crippen LogP contribution is 2.37. The van der Waals surface area contributed by atoms with E-state index in [1.165, 1.54) is 19.9 Å². The number of quaternary nitrogens is 1. The van der Waals surface area contributed by atoms with Gasteiger partial charge in [-0.05, 0) is 44.2 Å². The SMILES string of the molecule is CC(C)[N+](CC(=O)O)(C(N)=O)c1ccc(C#CCNc2ccc(C(=N)N)cc2)c(C(F)(F)F)c1. The number of aliphatic carboxylic acids is 1. The highest BCUT2D eigenvalue weighted by molar-refractivity contribution is 5.95. The maximum atomic E-state index is 13.8. The van der Waals surface area contributed by atoms with Crippen molar-refractivity contribution in [2.45, 2.75) is 26.1 Å². The molecule has 0 fully saturated rings. The minimum absolute atomic E-state index is 0.0325. The van der Waals surface area contributed by atoms with E-state index in [1.807, 2.05) is 0 Å². The number of rotatable bonds is 7. The molecule has 7 N–H and O–H groups in total. The van der Waals surface area contributed by atoms with E-state index in [2.05, 4.69) is 17.2 Å². The van der Waals surface area contributed by atoms with Crippen molar-refractivity contribution in [3.8, 4) is 11.8 Å². The van der Waals surface area contributed by atoms with Crippen molar-refractivity contribution in [3.63, 3.8) is 0 Å². The van der Waals surface area contributed by atoms with Crippen LogP contribution in [0.25, 0.3) is 0 Å². The van der Waals surface area contributed by atoms with Gasteiger partial charge in [0, 0.05) is 28.9 Å². The maximum absolute atomic E-state index is 13.8. The molecule has 0 saturated carbocycles. The molecule has 2 aromatic rings. The highest BCUT2D eigenvalue weighted by atomic mass is 19.4. The molecule has 0 aliphatic rings. The van der Waals surface area contributed by atoms with Gasteiger partial charge in [0.15, 0.2) is 6.54 Å². The number of amides is 2. The summed E-state index contributed by atoms with van der Waals surface area (Å²) in [5, 5.41) is 19.6. The van der Waals surface area contributed by atoms with E-state index in [0.29, 0.717) is 11.3 Å². The van der Waals surface area contributed by atoms with Crippen molar-refractivity contribution < 1.29 is 27.9 Å². The minimum atomic E-state index is -4.80. The molecule has 2 rings (SSSR count). The number of nitrogens with zero attached hydrogens (tertiary/aromatic N) is 1. The number of urea groups is 1. The van der Waals surface area contributed by atoms with E-state index < -0.39 is 40.8 Å². The van der Waals surface area contributed by atoms with Gasteiger partial charge in [-0.2, -0.15) is 17.7 Å². The van der Waals surface area contributed by atoms with Crippen LogP contribution in [0.5, 0.6) is 0 Å². The van der Waals surface area contributed by atoms with Gasteiger partial charge in [-0.3, -0.25) is 5.41 Å². The van der Waals surface area contributed by atoms with Crippen LogP contribution >= 0.6 is 0 Å². The topological polar surface area (TPSA) is 142 Å². The van der Waals surface area contributed by atoms with E-state index in [9.17, 15) is 27.9 Å². The number of nitrogen functional groups attached to an aromatic ring is 1. The number of anilines is 1. The molecule has 0 heterocycles. The first kappa shape index (κ1) is 26.2. The molecule has 11 heteroatoms. The lowest BCUT2D eigenvalue weighted by Gasteiger charge is -2.36. The molecule has 1 unspecified atom stereocenters. The second-order valence-electron chi connectivity index (χ2n) is 7.73. The lowest BCUT2D eigenvalue weighted by molar-refractivity contribution is -0.138. The number of hydrogen-bond donors (Lipinski definition) is 5. The summed E-state index contributed by atoms with van der Waals surface area (Å²) in [7, 11) is 0. The first-order valence-electron chi connectivity index (χ1n) is 10.1. The summed E-state index contributed by atoms with van der Waals surface area (Å²) >= 11 is 0. The van der Waals surface area contributed by atoms with E-state index in [4.69, 9.17) is 16.9 Å². The quantitative estimate of drug-likeness (QED) is 0.180. The fourth-order valence-corrected chi connectivity index (χ4v) is 3.42. The molecule has 0 aromatic heterocycles. The number of carboxylic acid groups (broad SMARTS) is 1. The number of hydrogen-bond acceptors (Lipinski definition) is 4. The fraction of sp³-hybridized carbons (Fsp3) is 0.261. The molecule has 2 amide bonds. The van der Waals surface area contributed by atoms with Gasteiger partial charge >= 0.3 is 18.2 Å². The van der Waals surface area contributed by atoms with Crippen LogP contribution in [0.2, 0.25) is 0 Å². The molecule has 1 atom stereocenters. The van der Waals surface area contributed by atoms with Crippen LogP contribution in [0.3, 0.4) is 0 Å². The average Bonchev–Trinajstić information content (AvgIpc) is 2.74. The number of primary amides is 1. The Hall–Kier alpha value is -4.04. The molecular weight excluding hydrogens is 451 g/mol. The summed E-state index contributed by atoms with van der Waals surface area (Å²) in [4.78, 5) is 23.6. The Morgan fingerprint density at radius 1 is 1.15 bits per heavy atom. The lowest BCUT2D eigenvalue weighted by atomic mass is 10.0. The monoisotopic (exact) mass is 476 g/mol. The van der Waals surface area contributed by atoms with Crippen molar-refractivity contribution in [1.29, 1.82) is 5.41 Å². The van der Waals surface area contributed by atoms with E-state index in [0.717, 1.165) is 12.1 Å². The average molecular weight is 476 g/mol. The Kier molecular flexibility index (Phi) is 7.92. The molecule has 0 aliphatic carbocycles. The Bertz CT molecular complexity index is 1150. The van der Waals surface area contributed by atoms with E-state index in [-0.39, 0.29) is 23.6 Å². The van der Waals surface area contributed by atoms with Crippen LogP contribution in [-0.2, 0) is 11.0 Å². The van der Waals surface area contributed by atoms with Crippen LogP contribution in [0.4, 0.5) is 29.3 Å². The van der Waals surface area contributed by atoms with Crippen molar-refractivity contribution >= 4 is 29.2 Å². The van der Waals surface area contributed by atoms with Crippen molar-refractivity contribution in [3.05, 3.63) is 59.2 Å². The number of carbonyl (C=O) groups is 2. The predicted molar refractivity (Wildman–Crippen MR) is 123 cm³/mol. The molecule has 2 aromatic carbocycles. The second kappa shape index (κ2) is 10.3. The lowest BCUT2D eigenvalue weighted by Crippen LogP contribution is -2.63. The predicted octanol–water partition coefficient (Wildman–Crippen LogP) is 3.33. The van der Waals surface area contributed by atoms with E-state index >= 15 is 0 Å². The zero-order chi connectivity index (χ0) is 25.7. The summed E-state index contributed by atoms with van der Waals surface area (Å²) in [6, 6.07) is 7.81. The Balaban J connectivity index is 2.39. The van der Waals surface area contributed by atoms with Crippen molar-refractivity contribution in [1.82, 2.24) is 4.48 Å². The summed E-state index contributed by atoms with van der Waals surface area (Å²) < 4.78 is 40.4. The van der Waals surface area contributed by atoms with Gasteiger partial charge in [0.1, 0.15) is 11.5 Å². The standard InChI is InChI=1S/C23H24F3N5O3/c1-14(2)31(22(29)34,13-20(32)33)18-10-7-15(19(12-18)23(24,25)26)4-3-11-30-17-8-5-16(6-9-17)21(27)28/h5-10,12,14H,11,13H2,1-2H3,(H6-,27,28,29,30,32,33,34)/p+1. The first-order valence-corrected chi connectivity index (χ1v) is 10.1. The number of nitrogens with two attached hydrogens (primary N) is 2. The van der Waals surface area contributed by atoms with Crippen LogP contribution in [0.15, 0.2) is 42.5 Å². The van der Waals surface area contributed by atoms with Crippen LogP contribution in [0.1, 0.15) is 30.5 Å². The number of nitrogens with one attached hydrogen (secondary N) is 2. The van der Waals surface area contributed by atoms with Crippen LogP contribution < -0.4 is 21.3 Å². The number of alkyl halides is 3. The molecular formula is C23H25F3N5O3+. The molecule has 0 aliphatic heterocycles. The summed E-state index contributed by atoms with van der Waals surface area (Å²) in [6.07, 6.45) is -4.80. The third kappa shape index (κ3) is 5.85. The summed E-state index contributed by atoms with van der Waals surface area (Å²) in [5.41, 5.74) is 10.4. The normalized spacial score (nSPS) is 12.9. The number of halogens is 3. The Morgan fingerprint density at radius 3 is 2.24 bits per heavy atom. The van der Waals surface area contributed by atoms with Gasteiger partial charge in [-0.15, -0.1) is 0 Å². The van der Waals surface area contributed by atoms with Gasteiger partial charge in [-0.25, -0.2) is 9.59 Å². The zero-order valence-corrected chi connectivity index (χ0v) is 18.5. The Labute approximate surface area is 194 Å². The van der Waals surface area contributed by atoms with Crippen molar-refractivity contribution in [2.24, 2.45) is 11.5 Å². The van der Waals surface area contributed by atoms with Crippen LogP contribution in [-0.4, -0.2) is 42.1 Å². The van der Waals surface area contributed by atoms with E-state index in [1.54, 1.807) is 24.3 Å². The van der Waals surface area contributed by atoms with Crippen LogP contribution in [0, 0.1) is 17.3 Å². The van der Waals surface area contributed by atoms with Gasteiger partial charge in [-0.1, -0.05) is 11.8 Å². The number of benzene rings is 2. The molecule has 0 bridgehead atoms. The maximum Gasteiger partial charge on any atom is 0.419 e. The largest absolute Gasteiger partial charge is 0.477 e. The minimum Gasteiger partial charge on any atom is -0.477 e. The zero-order valence-electron chi connectivity index (χ0n) is 18.5. The third-order valence-electron chi connectivity index (χ3n) is 5.23. The van der Waals surface area contributed by atoms with Gasteiger partial charge in [0.25, 0.3) is 0 Å². The molecule has 34 heavy (non-hydrogen) atoms.